The number of aromatic hydroxyl groups is 1. The second-order valence-electron chi connectivity index (χ2n) is 8.32. The van der Waals surface area contributed by atoms with Crippen LogP contribution in [0.4, 0.5) is 13.2 Å². The Balaban J connectivity index is 3.02. The molecule has 0 bridgehead atoms. The number of carbonyl (C=O) groups is 2. The van der Waals surface area contributed by atoms with Gasteiger partial charge in [0, 0.05) is 0 Å². The number of amides is 1. The molecule has 0 aromatic heterocycles. The number of ether oxygens (including phenoxy) is 1. The molecule has 0 spiro atoms. The maximum atomic E-state index is 12.8. The first-order chi connectivity index (χ1) is 13.7. The van der Waals surface area contributed by atoms with Crippen LogP contribution in [0, 0.1) is 5.92 Å². The summed E-state index contributed by atoms with van der Waals surface area (Å²) in [6.45, 7) is 7.32. The van der Waals surface area contributed by atoms with E-state index in [9.17, 15) is 27.9 Å². The van der Waals surface area contributed by atoms with Gasteiger partial charge < -0.3 is 15.2 Å². The number of nitrogens with one attached hydrogen (secondary N) is 2. The standard InChI is InChI=1S/C21H31F3N2O4/c1-6-13(2)17(19(29)30-20(3,4)5)26-18(28)16(25-12-21(22,23)24)11-14-7-9-15(27)10-8-14/h7-10,13,16-17,25,27H,6,11-12H2,1-5H3,(H,26,28). The van der Waals surface area contributed by atoms with E-state index in [0.29, 0.717) is 12.0 Å². The first-order valence-electron chi connectivity index (χ1n) is 9.83. The molecule has 3 atom stereocenters. The van der Waals surface area contributed by atoms with Gasteiger partial charge in [-0.05, 0) is 50.8 Å². The van der Waals surface area contributed by atoms with Crippen LogP contribution in [0.5, 0.6) is 5.75 Å². The molecule has 0 saturated heterocycles. The van der Waals surface area contributed by atoms with E-state index in [2.05, 4.69) is 10.6 Å². The fourth-order valence-electron chi connectivity index (χ4n) is 2.65. The first-order valence-corrected chi connectivity index (χ1v) is 9.83. The normalized spacial score (nSPS) is 15.2. The fraction of sp³-hybridized carbons (Fsp3) is 0.619. The number of alkyl halides is 3. The highest BCUT2D eigenvalue weighted by molar-refractivity contribution is 5.88. The average Bonchev–Trinajstić information content (AvgIpc) is 2.61. The summed E-state index contributed by atoms with van der Waals surface area (Å²) in [6, 6.07) is 3.59. The van der Waals surface area contributed by atoms with Gasteiger partial charge in [0.1, 0.15) is 17.4 Å². The minimum atomic E-state index is -4.51. The third-order valence-electron chi connectivity index (χ3n) is 4.41. The molecule has 1 aromatic carbocycles. The summed E-state index contributed by atoms with van der Waals surface area (Å²) < 4.78 is 43.6. The van der Waals surface area contributed by atoms with Crippen LogP contribution in [0.25, 0.3) is 0 Å². The van der Waals surface area contributed by atoms with Gasteiger partial charge in [0.05, 0.1) is 12.6 Å². The van der Waals surface area contributed by atoms with E-state index in [-0.39, 0.29) is 18.1 Å². The molecule has 0 saturated carbocycles. The molecular formula is C21H31F3N2O4. The van der Waals surface area contributed by atoms with Crippen LogP contribution in [0.1, 0.15) is 46.6 Å². The predicted molar refractivity (Wildman–Crippen MR) is 107 cm³/mol. The fourth-order valence-corrected chi connectivity index (χ4v) is 2.65. The summed E-state index contributed by atoms with van der Waals surface area (Å²) in [5.74, 6) is -1.64. The summed E-state index contributed by atoms with van der Waals surface area (Å²) in [7, 11) is 0. The van der Waals surface area contributed by atoms with Gasteiger partial charge in [-0.2, -0.15) is 13.2 Å². The Labute approximate surface area is 175 Å². The lowest BCUT2D eigenvalue weighted by Gasteiger charge is -2.29. The van der Waals surface area contributed by atoms with Gasteiger partial charge in [-0.25, -0.2) is 4.79 Å². The highest BCUT2D eigenvalue weighted by Gasteiger charge is 2.34. The topological polar surface area (TPSA) is 87.7 Å². The van der Waals surface area contributed by atoms with Crippen LogP contribution in [-0.4, -0.2) is 47.4 Å². The van der Waals surface area contributed by atoms with Crippen molar-refractivity contribution in [2.45, 2.75) is 71.3 Å². The van der Waals surface area contributed by atoms with Gasteiger partial charge in [0.2, 0.25) is 5.91 Å². The van der Waals surface area contributed by atoms with Crippen LogP contribution in [0.2, 0.25) is 0 Å². The molecule has 0 heterocycles. The van der Waals surface area contributed by atoms with Crippen LogP contribution in [0.3, 0.4) is 0 Å². The first kappa shape index (κ1) is 25.7. The Morgan fingerprint density at radius 3 is 2.17 bits per heavy atom. The molecule has 0 radical (unpaired) electrons. The zero-order valence-corrected chi connectivity index (χ0v) is 18.0. The smallest absolute Gasteiger partial charge is 0.401 e. The van der Waals surface area contributed by atoms with Gasteiger partial charge in [-0.3, -0.25) is 10.1 Å². The number of hydrogen-bond donors (Lipinski definition) is 3. The number of halogens is 3. The minimum absolute atomic E-state index is 0.00441. The van der Waals surface area contributed by atoms with Crippen molar-refractivity contribution in [3.05, 3.63) is 29.8 Å². The summed E-state index contributed by atoms with van der Waals surface area (Å²) in [4.78, 5) is 25.4. The van der Waals surface area contributed by atoms with Crippen molar-refractivity contribution in [3.8, 4) is 5.75 Å². The zero-order chi connectivity index (χ0) is 23.1. The number of esters is 1. The summed E-state index contributed by atoms with van der Waals surface area (Å²) in [5.41, 5.74) is -0.215. The van der Waals surface area contributed by atoms with Crippen molar-refractivity contribution in [3.63, 3.8) is 0 Å². The molecule has 1 aromatic rings. The van der Waals surface area contributed by atoms with Gasteiger partial charge in [0.15, 0.2) is 0 Å². The molecule has 1 rings (SSSR count). The van der Waals surface area contributed by atoms with Crippen LogP contribution in [0.15, 0.2) is 24.3 Å². The van der Waals surface area contributed by atoms with Crippen LogP contribution < -0.4 is 10.6 Å². The second kappa shape index (κ2) is 10.7. The molecule has 3 N–H and O–H groups in total. The molecule has 0 aliphatic heterocycles. The van der Waals surface area contributed by atoms with E-state index in [4.69, 9.17) is 4.74 Å². The predicted octanol–water partition coefficient (Wildman–Crippen LogP) is 3.33. The molecule has 170 valence electrons. The highest BCUT2D eigenvalue weighted by atomic mass is 19.4. The molecule has 6 nitrogen and oxygen atoms in total. The van der Waals surface area contributed by atoms with Crippen molar-refractivity contribution in [2.75, 3.05) is 6.54 Å². The van der Waals surface area contributed by atoms with E-state index in [1.54, 1.807) is 27.7 Å². The maximum Gasteiger partial charge on any atom is 0.401 e. The number of rotatable bonds is 9. The summed E-state index contributed by atoms with van der Waals surface area (Å²) in [6.07, 6.45) is -4.00. The largest absolute Gasteiger partial charge is 0.508 e. The molecule has 1 amide bonds. The second-order valence-corrected chi connectivity index (χ2v) is 8.32. The lowest BCUT2D eigenvalue weighted by molar-refractivity contribution is -0.160. The Bertz CT molecular complexity index is 700. The molecular weight excluding hydrogens is 401 g/mol. The van der Waals surface area contributed by atoms with E-state index in [1.807, 2.05) is 6.92 Å². The van der Waals surface area contributed by atoms with Crippen molar-refractivity contribution in [2.24, 2.45) is 5.92 Å². The molecule has 0 fully saturated rings. The number of hydrogen-bond acceptors (Lipinski definition) is 5. The number of benzene rings is 1. The Morgan fingerprint density at radius 2 is 1.70 bits per heavy atom. The van der Waals surface area contributed by atoms with Crippen molar-refractivity contribution >= 4 is 11.9 Å². The van der Waals surface area contributed by atoms with Crippen molar-refractivity contribution in [1.82, 2.24) is 10.6 Å². The lowest BCUT2D eigenvalue weighted by atomic mass is 9.97. The Morgan fingerprint density at radius 1 is 1.13 bits per heavy atom. The monoisotopic (exact) mass is 432 g/mol. The van der Waals surface area contributed by atoms with Crippen molar-refractivity contribution in [1.29, 1.82) is 0 Å². The Hall–Kier alpha value is -2.29. The van der Waals surface area contributed by atoms with Gasteiger partial charge in [0.25, 0.3) is 0 Å². The maximum absolute atomic E-state index is 12.8. The molecule has 0 aliphatic rings. The van der Waals surface area contributed by atoms with E-state index in [1.165, 1.54) is 24.3 Å². The Kier molecular flexibility index (Phi) is 9.14. The molecule has 30 heavy (non-hydrogen) atoms. The zero-order valence-electron chi connectivity index (χ0n) is 18.0. The molecule has 3 unspecified atom stereocenters. The number of phenols is 1. The third-order valence-corrected chi connectivity index (χ3v) is 4.41. The van der Waals surface area contributed by atoms with E-state index < -0.39 is 42.3 Å². The van der Waals surface area contributed by atoms with Crippen LogP contribution >= 0.6 is 0 Å². The summed E-state index contributed by atoms with van der Waals surface area (Å²) >= 11 is 0. The summed E-state index contributed by atoms with van der Waals surface area (Å²) in [5, 5.41) is 14.2. The number of phenolic OH excluding ortho intramolecular Hbond substituents is 1. The molecule has 9 heteroatoms. The quantitative estimate of drug-likeness (QED) is 0.521. The average molecular weight is 432 g/mol. The van der Waals surface area contributed by atoms with Crippen LogP contribution in [-0.2, 0) is 20.7 Å². The van der Waals surface area contributed by atoms with E-state index >= 15 is 0 Å². The SMILES string of the molecule is CCC(C)C(NC(=O)C(Cc1ccc(O)cc1)NCC(F)(F)F)C(=O)OC(C)(C)C. The third kappa shape index (κ3) is 9.47. The van der Waals surface area contributed by atoms with Gasteiger partial charge in [-0.15, -0.1) is 0 Å². The highest BCUT2D eigenvalue weighted by Crippen LogP contribution is 2.17. The molecule has 0 aliphatic carbocycles. The number of carbonyl (C=O) groups excluding carboxylic acids is 2. The van der Waals surface area contributed by atoms with Crippen molar-refractivity contribution < 1.29 is 32.6 Å². The van der Waals surface area contributed by atoms with Gasteiger partial charge >= 0.3 is 12.1 Å². The van der Waals surface area contributed by atoms with E-state index in [0.717, 1.165) is 0 Å². The lowest BCUT2D eigenvalue weighted by Crippen LogP contribution is -2.55. The minimum Gasteiger partial charge on any atom is -0.508 e. The van der Waals surface area contributed by atoms with Gasteiger partial charge in [-0.1, -0.05) is 32.4 Å².